The third-order valence-electron chi connectivity index (χ3n) is 2.93. The van der Waals surface area contributed by atoms with Gasteiger partial charge < -0.3 is 10.1 Å². The highest BCUT2D eigenvalue weighted by Gasteiger charge is 2.30. The number of methoxy groups -OCH3 is 1. The largest absolute Gasteiger partial charge is 0.383 e. The molecule has 0 bridgehead atoms. The molecule has 0 aliphatic rings. The third kappa shape index (κ3) is 3.82. The Labute approximate surface area is 117 Å². The minimum atomic E-state index is -0.553. The lowest BCUT2D eigenvalue weighted by Gasteiger charge is -2.26. The van der Waals surface area contributed by atoms with Gasteiger partial charge in [0.1, 0.15) is 0 Å². The first-order valence-corrected chi connectivity index (χ1v) is 6.73. The summed E-state index contributed by atoms with van der Waals surface area (Å²) in [6, 6.07) is 7.83. The number of carbonyl (C=O) groups excluding carboxylic acids is 1. The number of carbonyl (C=O) groups is 1. The van der Waals surface area contributed by atoms with E-state index in [0.29, 0.717) is 6.61 Å². The zero-order valence-electron chi connectivity index (χ0n) is 11.3. The summed E-state index contributed by atoms with van der Waals surface area (Å²) in [5.74, 6) is 0.00868. The van der Waals surface area contributed by atoms with E-state index in [0.717, 1.165) is 10.0 Å². The smallest absolute Gasteiger partial charge is 0.230 e. The number of ether oxygens (including phenoxy) is 1. The van der Waals surface area contributed by atoms with Crippen LogP contribution < -0.4 is 5.32 Å². The monoisotopic (exact) mass is 313 g/mol. The van der Waals surface area contributed by atoms with Crippen LogP contribution in [0, 0.1) is 0 Å². The highest BCUT2D eigenvalue weighted by Crippen LogP contribution is 2.25. The Balaban J connectivity index is 2.79. The first-order chi connectivity index (χ1) is 8.37. The van der Waals surface area contributed by atoms with Gasteiger partial charge in [-0.25, -0.2) is 0 Å². The summed E-state index contributed by atoms with van der Waals surface area (Å²) in [6.07, 6.45) is 0. The zero-order chi connectivity index (χ0) is 13.8. The van der Waals surface area contributed by atoms with Gasteiger partial charge in [0.05, 0.1) is 12.0 Å². The van der Waals surface area contributed by atoms with E-state index < -0.39 is 5.41 Å². The van der Waals surface area contributed by atoms with Crippen LogP contribution in [-0.4, -0.2) is 25.7 Å². The average molecular weight is 314 g/mol. The van der Waals surface area contributed by atoms with Crippen molar-refractivity contribution in [1.82, 2.24) is 5.32 Å². The molecule has 0 radical (unpaired) electrons. The summed E-state index contributed by atoms with van der Waals surface area (Å²) in [5, 5.41) is 2.96. The molecule has 4 heteroatoms. The molecule has 1 aromatic rings. The summed E-state index contributed by atoms with van der Waals surface area (Å²) >= 11 is 3.39. The van der Waals surface area contributed by atoms with Crippen LogP contribution >= 0.6 is 15.9 Å². The van der Waals surface area contributed by atoms with Crippen LogP contribution in [0.25, 0.3) is 0 Å². The molecule has 0 saturated heterocycles. The summed E-state index contributed by atoms with van der Waals surface area (Å²) in [5.41, 5.74) is 0.440. The van der Waals surface area contributed by atoms with Crippen LogP contribution in [0.3, 0.4) is 0 Å². The van der Waals surface area contributed by atoms with E-state index in [1.807, 2.05) is 45.0 Å². The van der Waals surface area contributed by atoms with Gasteiger partial charge in [-0.2, -0.15) is 0 Å². The van der Waals surface area contributed by atoms with Crippen LogP contribution in [0.1, 0.15) is 26.3 Å². The van der Waals surface area contributed by atoms with Crippen LogP contribution in [-0.2, 0) is 14.9 Å². The number of benzene rings is 1. The predicted molar refractivity (Wildman–Crippen MR) is 76.6 cm³/mol. The average Bonchev–Trinajstić information content (AvgIpc) is 2.29. The Bertz CT molecular complexity index is 401. The van der Waals surface area contributed by atoms with E-state index in [2.05, 4.69) is 21.2 Å². The summed E-state index contributed by atoms with van der Waals surface area (Å²) in [4.78, 5) is 12.3. The number of hydrogen-bond acceptors (Lipinski definition) is 2. The predicted octanol–water partition coefficient (Wildman–Crippen LogP) is 2.88. The minimum absolute atomic E-state index is 0.00868. The van der Waals surface area contributed by atoms with Gasteiger partial charge in [0.15, 0.2) is 0 Å². The maximum absolute atomic E-state index is 12.3. The third-order valence-corrected chi connectivity index (χ3v) is 3.46. The maximum Gasteiger partial charge on any atom is 0.230 e. The molecule has 100 valence electrons. The maximum atomic E-state index is 12.3. The molecule has 0 spiro atoms. The molecule has 18 heavy (non-hydrogen) atoms. The van der Waals surface area contributed by atoms with Crippen molar-refractivity contribution >= 4 is 21.8 Å². The van der Waals surface area contributed by atoms with Crippen LogP contribution in [0.5, 0.6) is 0 Å². The molecule has 0 heterocycles. The summed E-state index contributed by atoms with van der Waals surface area (Å²) in [6.45, 7) is 6.29. The molecular weight excluding hydrogens is 294 g/mol. The van der Waals surface area contributed by atoms with Crippen LogP contribution in [0.2, 0.25) is 0 Å². The fraction of sp³-hybridized carbons (Fsp3) is 0.500. The second-order valence-corrected chi connectivity index (χ2v) is 5.88. The minimum Gasteiger partial charge on any atom is -0.383 e. The van der Waals surface area contributed by atoms with Crippen LogP contribution in [0.15, 0.2) is 28.7 Å². The lowest BCUT2D eigenvalue weighted by molar-refractivity contribution is -0.126. The van der Waals surface area contributed by atoms with Crippen molar-refractivity contribution in [3.05, 3.63) is 34.3 Å². The van der Waals surface area contributed by atoms with E-state index in [9.17, 15) is 4.79 Å². The van der Waals surface area contributed by atoms with Crippen molar-refractivity contribution < 1.29 is 9.53 Å². The molecule has 1 atom stereocenters. The van der Waals surface area contributed by atoms with E-state index in [4.69, 9.17) is 4.74 Å². The van der Waals surface area contributed by atoms with Gasteiger partial charge in [0.25, 0.3) is 0 Å². The van der Waals surface area contributed by atoms with Gasteiger partial charge in [-0.1, -0.05) is 28.1 Å². The molecule has 0 aliphatic carbocycles. The first-order valence-electron chi connectivity index (χ1n) is 5.94. The molecule has 3 nitrogen and oxygen atoms in total. The molecule has 0 aromatic heterocycles. The molecule has 1 N–H and O–H groups in total. The SMILES string of the molecule is COC[C@@H](C)NC(=O)C(C)(C)c1ccc(Br)cc1. The van der Waals surface area contributed by atoms with E-state index in [1.54, 1.807) is 7.11 Å². The Morgan fingerprint density at radius 1 is 1.39 bits per heavy atom. The molecule has 1 amide bonds. The van der Waals surface area contributed by atoms with Gasteiger partial charge in [-0.3, -0.25) is 4.79 Å². The zero-order valence-corrected chi connectivity index (χ0v) is 12.9. The number of nitrogens with one attached hydrogen (secondary N) is 1. The van der Waals surface area contributed by atoms with E-state index >= 15 is 0 Å². The second kappa shape index (κ2) is 6.34. The Morgan fingerprint density at radius 3 is 2.44 bits per heavy atom. The highest BCUT2D eigenvalue weighted by molar-refractivity contribution is 9.10. The second-order valence-electron chi connectivity index (χ2n) is 4.96. The summed E-state index contributed by atoms with van der Waals surface area (Å²) in [7, 11) is 1.63. The van der Waals surface area contributed by atoms with Crippen LogP contribution in [0.4, 0.5) is 0 Å². The fourth-order valence-corrected chi connectivity index (χ4v) is 1.96. The summed E-state index contributed by atoms with van der Waals surface area (Å²) < 4.78 is 6.03. The van der Waals surface area contributed by atoms with E-state index in [1.165, 1.54) is 0 Å². The molecule has 0 unspecified atom stereocenters. The number of halogens is 1. The van der Waals surface area contributed by atoms with Gasteiger partial charge in [-0.15, -0.1) is 0 Å². The van der Waals surface area contributed by atoms with Crippen molar-refractivity contribution in [1.29, 1.82) is 0 Å². The number of rotatable bonds is 5. The Kier molecular flexibility index (Phi) is 5.35. The lowest BCUT2D eigenvalue weighted by Crippen LogP contribution is -2.45. The molecule has 1 aromatic carbocycles. The van der Waals surface area contributed by atoms with Gasteiger partial charge in [0, 0.05) is 17.6 Å². The topological polar surface area (TPSA) is 38.3 Å². The van der Waals surface area contributed by atoms with Gasteiger partial charge in [0.2, 0.25) is 5.91 Å². The lowest BCUT2D eigenvalue weighted by atomic mass is 9.83. The number of hydrogen-bond donors (Lipinski definition) is 1. The van der Waals surface area contributed by atoms with Gasteiger partial charge >= 0.3 is 0 Å². The quantitative estimate of drug-likeness (QED) is 0.907. The molecule has 0 aliphatic heterocycles. The molecular formula is C14H20BrNO2. The number of amides is 1. The Morgan fingerprint density at radius 2 is 1.94 bits per heavy atom. The molecule has 0 saturated carbocycles. The van der Waals surface area contributed by atoms with Crippen molar-refractivity contribution in [3.8, 4) is 0 Å². The molecule has 0 fully saturated rings. The van der Waals surface area contributed by atoms with Crippen molar-refractivity contribution in [2.45, 2.75) is 32.2 Å². The van der Waals surface area contributed by atoms with Crippen molar-refractivity contribution in [2.75, 3.05) is 13.7 Å². The van der Waals surface area contributed by atoms with Gasteiger partial charge in [-0.05, 0) is 38.5 Å². The van der Waals surface area contributed by atoms with Crippen molar-refractivity contribution in [2.24, 2.45) is 0 Å². The highest BCUT2D eigenvalue weighted by atomic mass is 79.9. The Hall–Kier alpha value is -0.870. The normalized spacial score (nSPS) is 13.2. The van der Waals surface area contributed by atoms with Crippen molar-refractivity contribution in [3.63, 3.8) is 0 Å². The fourth-order valence-electron chi connectivity index (χ4n) is 1.69. The standard InChI is InChI=1S/C14H20BrNO2/c1-10(9-18-4)16-13(17)14(2,3)11-5-7-12(15)8-6-11/h5-8,10H,9H2,1-4H3,(H,16,17)/t10-/m1/s1. The first kappa shape index (κ1) is 15.2. The molecule has 1 rings (SSSR count). The van der Waals surface area contributed by atoms with E-state index in [-0.39, 0.29) is 11.9 Å².